The molecule has 5 heteroatoms. The molecule has 0 saturated carbocycles. The number of ether oxygens (including phenoxy) is 1. The predicted molar refractivity (Wildman–Crippen MR) is 107 cm³/mol. The van der Waals surface area contributed by atoms with Crippen molar-refractivity contribution in [3.63, 3.8) is 0 Å². The number of hydrogen-bond acceptors (Lipinski definition) is 4. The van der Waals surface area contributed by atoms with Gasteiger partial charge in [-0.2, -0.15) is 0 Å². The molecule has 1 aliphatic rings. The molecule has 0 spiro atoms. The fraction of sp³-hybridized carbons (Fsp3) is 0.0870. The Morgan fingerprint density at radius 3 is 2.39 bits per heavy atom. The second-order valence-corrected chi connectivity index (χ2v) is 6.53. The minimum absolute atomic E-state index is 0.0460. The van der Waals surface area contributed by atoms with Gasteiger partial charge >= 0.3 is 5.97 Å². The van der Waals surface area contributed by atoms with Crippen LogP contribution in [0.25, 0.3) is 16.8 Å². The molecule has 1 heterocycles. The average molecular weight is 371 g/mol. The number of esters is 1. The molecule has 0 bridgehead atoms. The van der Waals surface area contributed by atoms with Crippen molar-refractivity contribution in [2.45, 2.75) is 6.42 Å². The lowest BCUT2D eigenvalue weighted by Gasteiger charge is -2.14. The van der Waals surface area contributed by atoms with Crippen LogP contribution >= 0.6 is 0 Å². The second kappa shape index (κ2) is 7.12. The van der Waals surface area contributed by atoms with Gasteiger partial charge in [0.15, 0.2) is 0 Å². The molecular weight excluding hydrogens is 354 g/mol. The van der Waals surface area contributed by atoms with Crippen molar-refractivity contribution in [2.75, 3.05) is 12.0 Å². The lowest BCUT2D eigenvalue weighted by Crippen LogP contribution is -2.28. The van der Waals surface area contributed by atoms with E-state index in [4.69, 9.17) is 0 Å². The van der Waals surface area contributed by atoms with Crippen LogP contribution in [0.4, 0.5) is 5.69 Å². The van der Waals surface area contributed by atoms with Crippen molar-refractivity contribution < 1.29 is 19.1 Å². The monoisotopic (exact) mass is 371 g/mol. The molecule has 0 N–H and O–H groups in total. The summed E-state index contributed by atoms with van der Waals surface area (Å²) in [6, 6.07) is 20.0. The largest absolute Gasteiger partial charge is 0.465 e. The van der Waals surface area contributed by atoms with Gasteiger partial charge < -0.3 is 4.74 Å². The molecule has 3 aromatic carbocycles. The summed E-state index contributed by atoms with van der Waals surface area (Å²) in [7, 11) is 1.32. The van der Waals surface area contributed by atoms with E-state index in [0.29, 0.717) is 16.8 Å². The third kappa shape index (κ3) is 3.18. The summed E-state index contributed by atoms with van der Waals surface area (Å²) in [6.45, 7) is 0. The van der Waals surface area contributed by atoms with Crippen molar-refractivity contribution in [1.29, 1.82) is 0 Å². The Morgan fingerprint density at radius 1 is 0.964 bits per heavy atom. The van der Waals surface area contributed by atoms with E-state index in [9.17, 15) is 14.4 Å². The molecule has 28 heavy (non-hydrogen) atoms. The van der Waals surface area contributed by atoms with Crippen molar-refractivity contribution >= 4 is 40.3 Å². The fourth-order valence-corrected chi connectivity index (χ4v) is 3.30. The average Bonchev–Trinajstić information content (AvgIpc) is 3.00. The molecule has 0 atom stereocenters. The Kier molecular flexibility index (Phi) is 4.49. The van der Waals surface area contributed by atoms with Gasteiger partial charge in [-0.25, -0.2) is 9.69 Å². The summed E-state index contributed by atoms with van der Waals surface area (Å²) < 4.78 is 4.67. The van der Waals surface area contributed by atoms with Crippen molar-refractivity contribution in [1.82, 2.24) is 0 Å². The van der Waals surface area contributed by atoms with E-state index in [0.717, 1.165) is 16.3 Å². The first-order chi connectivity index (χ1) is 13.6. The number of methoxy groups -OCH3 is 1. The topological polar surface area (TPSA) is 63.7 Å². The Hall–Kier alpha value is -3.73. The number of anilines is 1. The Morgan fingerprint density at radius 2 is 1.68 bits per heavy atom. The first-order valence-corrected chi connectivity index (χ1v) is 8.82. The molecule has 4 rings (SSSR count). The van der Waals surface area contributed by atoms with E-state index >= 15 is 0 Å². The van der Waals surface area contributed by atoms with Crippen LogP contribution in [0.15, 0.2) is 72.3 Å². The van der Waals surface area contributed by atoms with Crippen LogP contribution in [0.3, 0.4) is 0 Å². The molecular formula is C23H17NO4. The SMILES string of the molecule is COC(=O)c1ccc(/C=C2\CC(=O)N(c3ccc4ccccc4c3)C2=O)cc1. The first-order valence-electron chi connectivity index (χ1n) is 8.82. The van der Waals surface area contributed by atoms with E-state index in [1.165, 1.54) is 12.0 Å². The maximum absolute atomic E-state index is 12.8. The smallest absolute Gasteiger partial charge is 0.337 e. The van der Waals surface area contributed by atoms with Crippen LogP contribution < -0.4 is 4.90 Å². The number of fused-ring (bicyclic) bond motifs is 1. The van der Waals surface area contributed by atoms with Crippen LogP contribution in [0, 0.1) is 0 Å². The maximum atomic E-state index is 12.8. The van der Waals surface area contributed by atoms with E-state index in [-0.39, 0.29) is 18.2 Å². The molecule has 1 fully saturated rings. The number of amides is 2. The Labute approximate surface area is 161 Å². The minimum atomic E-state index is -0.422. The molecule has 0 aliphatic carbocycles. The molecule has 1 saturated heterocycles. The zero-order valence-corrected chi connectivity index (χ0v) is 15.2. The summed E-state index contributed by atoms with van der Waals surface area (Å²) in [5, 5.41) is 2.02. The van der Waals surface area contributed by atoms with E-state index < -0.39 is 5.97 Å². The summed E-state index contributed by atoms with van der Waals surface area (Å²) in [5.74, 6) is -0.996. The van der Waals surface area contributed by atoms with Gasteiger partial charge in [0.25, 0.3) is 5.91 Å². The molecule has 1 aliphatic heterocycles. The second-order valence-electron chi connectivity index (χ2n) is 6.53. The molecule has 138 valence electrons. The standard InChI is InChI=1S/C23H17NO4/c1-28-23(27)17-8-6-15(7-9-17)12-19-14-21(25)24(22(19)26)20-11-10-16-4-2-3-5-18(16)13-20/h2-13H,14H2,1H3/b19-12+. The van der Waals surface area contributed by atoms with Gasteiger partial charge in [0.05, 0.1) is 24.8 Å². The van der Waals surface area contributed by atoms with Gasteiger partial charge in [0.1, 0.15) is 0 Å². The van der Waals surface area contributed by atoms with Crippen LogP contribution in [0.2, 0.25) is 0 Å². The molecule has 0 radical (unpaired) electrons. The minimum Gasteiger partial charge on any atom is -0.465 e. The Balaban J connectivity index is 1.62. The summed E-state index contributed by atoms with van der Waals surface area (Å²) in [5.41, 5.74) is 2.16. The number of nitrogens with zero attached hydrogens (tertiary/aromatic N) is 1. The summed E-state index contributed by atoms with van der Waals surface area (Å²) in [6.07, 6.45) is 1.73. The van der Waals surface area contributed by atoms with E-state index in [2.05, 4.69) is 4.74 Å². The molecule has 0 aromatic heterocycles. The van der Waals surface area contributed by atoms with Crippen molar-refractivity contribution in [3.8, 4) is 0 Å². The van der Waals surface area contributed by atoms with E-state index in [1.807, 2.05) is 36.4 Å². The highest BCUT2D eigenvalue weighted by Crippen LogP contribution is 2.29. The molecule has 5 nitrogen and oxygen atoms in total. The third-order valence-corrected chi connectivity index (χ3v) is 4.73. The normalized spacial score (nSPS) is 15.5. The van der Waals surface area contributed by atoms with Gasteiger partial charge in [0.2, 0.25) is 5.91 Å². The lowest BCUT2D eigenvalue weighted by atomic mass is 10.1. The fourth-order valence-electron chi connectivity index (χ4n) is 3.30. The molecule has 0 unspecified atom stereocenters. The van der Waals surface area contributed by atoms with Crippen molar-refractivity contribution in [2.24, 2.45) is 0 Å². The summed E-state index contributed by atoms with van der Waals surface area (Å²) in [4.78, 5) is 38.1. The Bertz CT molecular complexity index is 1130. The number of carbonyl (C=O) groups is 3. The highest BCUT2D eigenvalue weighted by Gasteiger charge is 2.35. The number of rotatable bonds is 3. The summed E-state index contributed by atoms with van der Waals surface area (Å²) >= 11 is 0. The number of benzene rings is 3. The first kappa shape index (κ1) is 17.7. The van der Waals surface area contributed by atoms with Gasteiger partial charge in [-0.3, -0.25) is 9.59 Å². The van der Waals surface area contributed by atoms with Gasteiger partial charge in [-0.1, -0.05) is 42.5 Å². The number of imide groups is 1. The zero-order valence-electron chi connectivity index (χ0n) is 15.2. The molecule has 3 aromatic rings. The maximum Gasteiger partial charge on any atom is 0.337 e. The van der Waals surface area contributed by atoms with Crippen LogP contribution in [-0.2, 0) is 14.3 Å². The third-order valence-electron chi connectivity index (χ3n) is 4.73. The zero-order chi connectivity index (χ0) is 19.7. The van der Waals surface area contributed by atoms with Crippen molar-refractivity contribution in [3.05, 3.63) is 83.4 Å². The highest BCUT2D eigenvalue weighted by molar-refractivity contribution is 6.29. The lowest BCUT2D eigenvalue weighted by molar-refractivity contribution is -0.120. The quantitative estimate of drug-likeness (QED) is 0.397. The van der Waals surface area contributed by atoms with Gasteiger partial charge in [-0.15, -0.1) is 0 Å². The number of hydrogen-bond donors (Lipinski definition) is 0. The van der Waals surface area contributed by atoms with Crippen LogP contribution in [0.5, 0.6) is 0 Å². The highest BCUT2D eigenvalue weighted by atomic mass is 16.5. The van der Waals surface area contributed by atoms with Gasteiger partial charge in [-0.05, 0) is 46.7 Å². The van der Waals surface area contributed by atoms with Gasteiger partial charge in [0, 0.05) is 5.57 Å². The predicted octanol–water partition coefficient (Wildman–Crippen LogP) is 3.97. The van der Waals surface area contributed by atoms with Crippen LogP contribution in [0.1, 0.15) is 22.3 Å². The van der Waals surface area contributed by atoms with E-state index in [1.54, 1.807) is 36.4 Å². The van der Waals surface area contributed by atoms with Crippen LogP contribution in [-0.4, -0.2) is 24.9 Å². The number of carbonyl (C=O) groups excluding carboxylic acids is 3. The molecule has 2 amide bonds.